The minimum atomic E-state index is -0.412. The highest BCUT2D eigenvalue weighted by Crippen LogP contribution is 2.22. The standard InChI is InChI=1S/C10H19N3O/c1-4-6-7-10(5-2)8(14)12-9(11-3)13-10/h4-7H2,1-3H3,(H2,11,12,13,14). The Hall–Kier alpha value is -1.06. The van der Waals surface area contributed by atoms with Gasteiger partial charge in [0.2, 0.25) is 0 Å². The molecule has 0 aliphatic carbocycles. The summed E-state index contributed by atoms with van der Waals surface area (Å²) in [5, 5.41) is 5.93. The van der Waals surface area contributed by atoms with E-state index in [9.17, 15) is 4.79 Å². The zero-order valence-electron chi connectivity index (χ0n) is 9.18. The van der Waals surface area contributed by atoms with Crippen molar-refractivity contribution in [2.24, 2.45) is 4.99 Å². The summed E-state index contributed by atoms with van der Waals surface area (Å²) in [7, 11) is 1.67. The minimum Gasteiger partial charge on any atom is -0.342 e. The molecule has 1 atom stereocenters. The number of carbonyl (C=O) groups is 1. The average Bonchev–Trinajstić information content (AvgIpc) is 2.53. The molecule has 0 aromatic heterocycles. The highest BCUT2D eigenvalue weighted by Gasteiger charge is 2.42. The quantitative estimate of drug-likeness (QED) is 0.707. The smallest absolute Gasteiger partial charge is 0.252 e. The molecule has 0 bridgehead atoms. The minimum absolute atomic E-state index is 0.0639. The number of guanidine groups is 1. The van der Waals surface area contributed by atoms with Crippen molar-refractivity contribution < 1.29 is 4.79 Å². The summed E-state index contributed by atoms with van der Waals surface area (Å²) < 4.78 is 0. The molecule has 0 radical (unpaired) electrons. The van der Waals surface area contributed by atoms with Gasteiger partial charge in [-0.05, 0) is 12.8 Å². The molecule has 4 nitrogen and oxygen atoms in total. The van der Waals surface area contributed by atoms with E-state index < -0.39 is 5.54 Å². The lowest BCUT2D eigenvalue weighted by Gasteiger charge is -2.24. The lowest BCUT2D eigenvalue weighted by molar-refractivity contribution is -0.124. The fourth-order valence-corrected chi connectivity index (χ4v) is 1.73. The molecule has 14 heavy (non-hydrogen) atoms. The summed E-state index contributed by atoms with van der Waals surface area (Å²) in [6.45, 7) is 4.16. The van der Waals surface area contributed by atoms with Crippen LogP contribution in [0.3, 0.4) is 0 Å². The number of nitrogens with zero attached hydrogens (tertiary/aromatic N) is 1. The summed E-state index contributed by atoms with van der Waals surface area (Å²) in [4.78, 5) is 15.7. The Kier molecular flexibility index (Phi) is 3.49. The van der Waals surface area contributed by atoms with Crippen molar-refractivity contribution >= 4 is 11.9 Å². The van der Waals surface area contributed by atoms with Crippen LogP contribution in [0, 0.1) is 0 Å². The van der Waals surface area contributed by atoms with Gasteiger partial charge in [-0.3, -0.25) is 15.1 Å². The molecule has 2 N–H and O–H groups in total. The molecule has 1 aliphatic rings. The zero-order chi connectivity index (χ0) is 10.6. The fraction of sp³-hybridized carbons (Fsp3) is 0.800. The van der Waals surface area contributed by atoms with E-state index in [4.69, 9.17) is 0 Å². The van der Waals surface area contributed by atoms with Gasteiger partial charge in [0.25, 0.3) is 5.91 Å². The second-order valence-corrected chi connectivity index (χ2v) is 3.69. The van der Waals surface area contributed by atoms with Crippen molar-refractivity contribution in [2.75, 3.05) is 7.05 Å². The largest absolute Gasteiger partial charge is 0.342 e. The average molecular weight is 197 g/mol. The van der Waals surface area contributed by atoms with Crippen molar-refractivity contribution in [1.82, 2.24) is 10.6 Å². The van der Waals surface area contributed by atoms with E-state index in [1.165, 1.54) is 0 Å². The molecule has 80 valence electrons. The van der Waals surface area contributed by atoms with Crippen molar-refractivity contribution in [1.29, 1.82) is 0 Å². The van der Waals surface area contributed by atoms with Crippen molar-refractivity contribution in [2.45, 2.75) is 45.1 Å². The fourth-order valence-electron chi connectivity index (χ4n) is 1.73. The summed E-state index contributed by atoms with van der Waals surface area (Å²) in [6.07, 6.45) is 3.85. The number of amides is 1. The molecule has 1 saturated heterocycles. The molecule has 0 saturated carbocycles. The van der Waals surface area contributed by atoms with Crippen LogP contribution in [-0.2, 0) is 4.79 Å². The molecule has 0 aromatic rings. The molecule has 0 aromatic carbocycles. The number of hydrogen-bond donors (Lipinski definition) is 2. The van der Waals surface area contributed by atoms with E-state index in [0.29, 0.717) is 5.96 Å². The van der Waals surface area contributed by atoms with Crippen molar-refractivity contribution in [3.8, 4) is 0 Å². The van der Waals surface area contributed by atoms with Crippen LogP contribution in [0.4, 0.5) is 0 Å². The van der Waals surface area contributed by atoms with Crippen LogP contribution in [-0.4, -0.2) is 24.5 Å². The summed E-state index contributed by atoms with van der Waals surface area (Å²) >= 11 is 0. The SMILES string of the molecule is CCCCC1(CC)NC(=NC)NC1=O. The normalized spacial score (nSPS) is 29.1. The predicted octanol–water partition coefficient (Wildman–Crippen LogP) is 1.03. The van der Waals surface area contributed by atoms with Crippen molar-refractivity contribution in [3.05, 3.63) is 0 Å². The van der Waals surface area contributed by atoms with Gasteiger partial charge in [0.1, 0.15) is 5.54 Å². The third-order valence-electron chi connectivity index (χ3n) is 2.81. The molecule has 4 heteroatoms. The van der Waals surface area contributed by atoms with E-state index >= 15 is 0 Å². The van der Waals surface area contributed by atoms with E-state index in [2.05, 4.69) is 22.5 Å². The first-order valence-electron chi connectivity index (χ1n) is 5.25. The molecule has 1 unspecified atom stereocenters. The summed E-state index contributed by atoms with van der Waals surface area (Å²) in [5.41, 5.74) is -0.412. The molecule has 1 amide bonds. The summed E-state index contributed by atoms with van der Waals surface area (Å²) in [6, 6.07) is 0. The highest BCUT2D eigenvalue weighted by atomic mass is 16.2. The van der Waals surface area contributed by atoms with E-state index in [0.717, 1.165) is 25.7 Å². The second kappa shape index (κ2) is 4.44. The Morgan fingerprint density at radius 3 is 2.57 bits per heavy atom. The molecular formula is C10H19N3O. The second-order valence-electron chi connectivity index (χ2n) is 3.69. The van der Waals surface area contributed by atoms with Gasteiger partial charge in [-0.1, -0.05) is 26.7 Å². The summed E-state index contributed by atoms with van der Waals surface area (Å²) in [5.74, 6) is 0.669. The highest BCUT2D eigenvalue weighted by molar-refractivity contribution is 6.08. The Morgan fingerprint density at radius 2 is 2.14 bits per heavy atom. The number of hydrogen-bond acceptors (Lipinski definition) is 2. The van der Waals surface area contributed by atoms with Crippen LogP contribution >= 0.6 is 0 Å². The molecule has 1 fully saturated rings. The van der Waals surface area contributed by atoms with Gasteiger partial charge in [-0.15, -0.1) is 0 Å². The monoisotopic (exact) mass is 197 g/mol. The molecule has 1 rings (SSSR count). The van der Waals surface area contributed by atoms with Crippen LogP contribution in [0.1, 0.15) is 39.5 Å². The molecular weight excluding hydrogens is 178 g/mol. The van der Waals surface area contributed by atoms with Gasteiger partial charge in [-0.2, -0.15) is 0 Å². The van der Waals surface area contributed by atoms with Crippen LogP contribution in [0.15, 0.2) is 4.99 Å². The molecule has 1 aliphatic heterocycles. The van der Waals surface area contributed by atoms with E-state index in [1.54, 1.807) is 7.05 Å². The lowest BCUT2D eigenvalue weighted by atomic mass is 9.90. The first-order valence-corrected chi connectivity index (χ1v) is 5.25. The topological polar surface area (TPSA) is 53.5 Å². The molecule has 0 spiro atoms. The Labute approximate surface area is 85.2 Å². The Bertz CT molecular complexity index is 250. The third-order valence-corrected chi connectivity index (χ3v) is 2.81. The van der Waals surface area contributed by atoms with Gasteiger partial charge >= 0.3 is 0 Å². The maximum absolute atomic E-state index is 11.7. The van der Waals surface area contributed by atoms with Gasteiger partial charge in [0.15, 0.2) is 5.96 Å². The van der Waals surface area contributed by atoms with Gasteiger partial charge in [-0.25, -0.2) is 0 Å². The molecule has 1 heterocycles. The number of aliphatic imine (C=N–C) groups is 1. The van der Waals surface area contributed by atoms with Crippen LogP contribution in [0.5, 0.6) is 0 Å². The van der Waals surface area contributed by atoms with Gasteiger partial charge in [0.05, 0.1) is 0 Å². The van der Waals surface area contributed by atoms with Crippen LogP contribution < -0.4 is 10.6 Å². The third kappa shape index (κ3) is 1.89. The van der Waals surface area contributed by atoms with Crippen molar-refractivity contribution in [3.63, 3.8) is 0 Å². The predicted molar refractivity (Wildman–Crippen MR) is 57.2 cm³/mol. The number of nitrogens with one attached hydrogen (secondary N) is 2. The number of unbranched alkanes of at least 4 members (excludes halogenated alkanes) is 1. The maximum atomic E-state index is 11.7. The lowest BCUT2D eigenvalue weighted by Crippen LogP contribution is -2.46. The number of rotatable bonds is 4. The first-order chi connectivity index (χ1) is 6.68. The number of carbonyl (C=O) groups excluding carboxylic acids is 1. The maximum Gasteiger partial charge on any atom is 0.252 e. The Balaban J connectivity index is 2.74. The van der Waals surface area contributed by atoms with Crippen LogP contribution in [0.2, 0.25) is 0 Å². The first kappa shape index (κ1) is 11.0. The van der Waals surface area contributed by atoms with E-state index in [-0.39, 0.29) is 5.91 Å². The van der Waals surface area contributed by atoms with E-state index in [1.807, 2.05) is 6.92 Å². The Morgan fingerprint density at radius 1 is 1.43 bits per heavy atom. The van der Waals surface area contributed by atoms with Crippen LogP contribution in [0.25, 0.3) is 0 Å². The zero-order valence-corrected chi connectivity index (χ0v) is 9.18. The van der Waals surface area contributed by atoms with Gasteiger partial charge in [0, 0.05) is 7.05 Å². The van der Waals surface area contributed by atoms with Gasteiger partial charge < -0.3 is 5.32 Å².